The lowest BCUT2D eigenvalue weighted by Gasteiger charge is -2.16. The zero-order chi connectivity index (χ0) is 20.6. The maximum atomic E-state index is 12.0. The van der Waals surface area contributed by atoms with Crippen LogP contribution in [0.25, 0.3) is 0 Å². The predicted octanol–water partition coefficient (Wildman–Crippen LogP) is 1.66. The van der Waals surface area contributed by atoms with Gasteiger partial charge in [-0.2, -0.15) is 0 Å². The first-order valence-corrected chi connectivity index (χ1v) is 8.73. The van der Waals surface area contributed by atoms with Crippen LogP contribution in [0.4, 0.5) is 9.59 Å². The Balaban J connectivity index is 1.52. The summed E-state index contributed by atoms with van der Waals surface area (Å²) in [6.45, 7) is -0.0563. The topological polar surface area (TPSA) is 120 Å². The highest BCUT2D eigenvalue weighted by Crippen LogP contribution is 2.11. The maximum Gasteiger partial charge on any atom is 0.408 e. The first-order chi connectivity index (χ1) is 14.0. The highest BCUT2D eigenvalue weighted by Gasteiger charge is 2.47. The van der Waals surface area contributed by atoms with Crippen molar-refractivity contribution in [2.75, 3.05) is 0 Å². The summed E-state index contributed by atoms with van der Waals surface area (Å²) in [5.41, 5.74) is 1.48. The first kappa shape index (κ1) is 19.9. The van der Waals surface area contributed by atoms with Gasteiger partial charge in [0, 0.05) is 0 Å². The Hall–Kier alpha value is -3.88. The van der Waals surface area contributed by atoms with Gasteiger partial charge in [0.25, 0.3) is 0 Å². The highest BCUT2D eigenvalue weighted by molar-refractivity contribution is 6.03. The summed E-state index contributed by atoms with van der Waals surface area (Å²) in [6, 6.07) is 15.0. The van der Waals surface area contributed by atoms with E-state index in [4.69, 9.17) is 9.47 Å². The second-order valence-electron chi connectivity index (χ2n) is 6.11. The summed E-state index contributed by atoms with van der Waals surface area (Å²) in [5, 5.41) is 4.46. The van der Waals surface area contributed by atoms with Crippen LogP contribution in [0, 0.1) is 0 Å². The second kappa shape index (κ2) is 9.36. The summed E-state index contributed by atoms with van der Waals surface area (Å²) in [6.07, 6.45) is -1.87. The molecule has 1 aliphatic heterocycles. The van der Waals surface area contributed by atoms with Crippen molar-refractivity contribution in [2.45, 2.75) is 25.3 Å². The summed E-state index contributed by atoms with van der Waals surface area (Å²) in [7, 11) is 0. The molecule has 9 nitrogen and oxygen atoms in total. The zero-order valence-corrected chi connectivity index (χ0v) is 15.2. The smallest absolute Gasteiger partial charge is 0.408 e. The third-order valence-corrected chi connectivity index (χ3v) is 4.01. The average Bonchev–Trinajstić information content (AvgIpc) is 2.99. The molecule has 150 valence electrons. The number of rotatable bonds is 6. The van der Waals surface area contributed by atoms with Gasteiger partial charge in [0.1, 0.15) is 13.2 Å². The number of cyclic esters (lactones) is 2. The molecule has 0 radical (unpaired) electrons. The molecule has 1 heterocycles. The van der Waals surface area contributed by atoms with Crippen LogP contribution in [0.15, 0.2) is 60.7 Å². The molecule has 1 saturated heterocycles. The fourth-order valence-corrected chi connectivity index (χ4v) is 2.57. The summed E-state index contributed by atoms with van der Waals surface area (Å²) in [4.78, 5) is 47.7. The molecule has 2 aromatic carbocycles. The molecule has 2 amide bonds. The molecule has 2 aromatic rings. The molecule has 0 saturated carbocycles. The third-order valence-electron chi connectivity index (χ3n) is 4.01. The van der Waals surface area contributed by atoms with Gasteiger partial charge in [-0.3, -0.25) is 0 Å². The Morgan fingerprint density at radius 1 is 0.724 bits per heavy atom. The van der Waals surface area contributed by atoms with Crippen LogP contribution in [0.3, 0.4) is 0 Å². The van der Waals surface area contributed by atoms with Gasteiger partial charge in [-0.1, -0.05) is 60.7 Å². The minimum absolute atomic E-state index is 0.0282. The third kappa shape index (κ3) is 5.55. The molecular weight excluding hydrogens is 380 g/mol. The Labute approximate surface area is 165 Å². The Kier molecular flexibility index (Phi) is 6.41. The molecule has 9 heteroatoms. The highest BCUT2D eigenvalue weighted by atomic mass is 16.6. The summed E-state index contributed by atoms with van der Waals surface area (Å²) >= 11 is 0. The Morgan fingerprint density at radius 3 is 1.48 bits per heavy atom. The van der Waals surface area contributed by atoms with Gasteiger partial charge in [-0.25, -0.2) is 19.2 Å². The van der Waals surface area contributed by atoms with Crippen LogP contribution >= 0.6 is 0 Å². The Morgan fingerprint density at radius 2 is 1.10 bits per heavy atom. The van der Waals surface area contributed by atoms with Crippen molar-refractivity contribution in [3.05, 3.63) is 71.8 Å². The molecule has 0 aromatic heterocycles. The molecule has 2 unspecified atom stereocenters. The van der Waals surface area contributed by atoms with E-state index in [0.29, 0.717) is 0 Å². The van der Waals surface area contributed by atoms with Crippen molar-refractivity contribution >= 4 is 24.1 Å². The van der Waals surface area contributed by atoms with Crippen LogP contribution in [-0.4, -0.2) is 36.2 Å². The van der Waals surface area contributed by atoms with E-state index in [-0.39, 0.29) is 13.2 Å². The van der Waals surface area contributed by atoms with Gasteiger partial charge in [0.2, 0.25) is 0 Å². The van der Waals surface area contributed by atoms with Gasteiger partial charge < -0.3 is 24.8 Å². The molecule has 2 atom stereocenters. The van der Waals surface area contributed by atoms with E-state index < -0.39 is 36.2 Å². The fraction of sp³-hybridized carbons (Fsp3) is 0.200. The van der Waals surface area contributed by atoms with E-state index in [9.17, 15) is 19.2 Å². The van der Waals surface area contributed by atoms with Gasteiger partial charge in [-0.15, -0.1) is 0 Å². The lowest BCUT2D eigenvalue weighted by Crippen LogP contribution is -2.53. The molecule has 1 fully saturated rings. The Bertz CT molecular complexity index is 813. The lowest BCUT2D eigenvalue weighted by atomic mass is 10.1. The van der Waals surface area contributed by atoms with Crippen molar-refractivity contribution in [2.24, 2.45) is 0 Å². The fourth-order valence-electron chi connectivity index (χ4n) is 2.57. The molecule has 0 spiro atoms. The van der Waals surface area contributed by atoms with E-state index in [1.165, 1.54) is 0 Å². The van der Waals surface area contributed by atoms with Crippen molar-refractivity contribution in [3.8, 4) is 0 Å². The van der Waals surface area contributed by atoms with Gasteiger partial charge in [0.05, 0.1) is 0 Å². The number of hydrogen-bond donors (Lipinski definition) is 2. The normalized spacial score (nSPS) is 17.9. The molecular formula is C20H18N2O7. The second-order valence-corrected chi connectivity index (χ2v) is 6.11. The number of esters is 2. The molecule has 0 bridgehead atoms. The first-order valence-electron chi connectivity index (χ1n) is 8.73. The quantitative estimate of drug-likeness (QED) is 0.431. The lowest BCUT2D eigenvalue weighted by molar-refractivity contribution is -0.153. The van der Waals surface area contributed by atoms with Crippen molar-refractivity contribution in [3.63, 3.8) is 0 Å². The average molecular weight is 398 g/mol. The number of hydrogen-bond acceptors (Lipinski definition) is 7. The van der Waals surface area contributed by atoms with E-state index in [1.54, 1.807) is 48.5 Å². The predicted molar refractivity (Wildman–Crippen MR) is 98.2 cm³/mol. The number of carbonyl (C=O) groups is 4. The number of ether oxygens (including phenoxy) is 3. The standard InChI is InChI=1S/C20H18N2O7/c23-17-15(21-19(25)27-11-13-7-3-1-4-8-13)16(18(24)29-17)22-20(26)28-12-14-9-5-2-6-10-14/h1-10,15-16H,11-12H2,(H,21,25)(H,22,26). The molecule has 3 rings (SSSR count). The SMILES string of the molecule is O=C(NC1C(=O)OC(=O)C1NC(=O)OCc1ccccc1)OCc1ccccc1. The van der Waals surface area contributed by atoms with E-state index in [1.807, 2.05) is 12.1 Å². The number of alkyl carbamates (subject to hydrolysis) is 2. The number of carbonyl (C=O) groups excluding carboxylic acids is 4. The minimum atomic E-state index is -1.42. The van der Waals surface area contributed by atoms with Crippen LogP contribution in [0.2, 0.25) is 0 Å². The minimum Gasteiger partial charge on any atom is -0.445 e. The van der Waals surface area contributed by atoms with Crippen molar-refractivity contribution < 1.29 is 33.4 Å². The van der Waals surface area contributed by atoms with Gasteiger partial charge >= 0.3 is 24.1 Å². The van der Waals surface area contributed by atoms with Crippen LogP contribution in [0.1, 0.15) is 11.1 Å². The maximum absolute atomic E-state index is 12.0. The van der Waals surface area contributed by atoms with Crippen molar-refractivity contribution in [1.82, 2.24) is 10.6 Å². The molecule has 29 heavy (non-hydrogen) atoms. The van der Waals surface area contributed by atoms with Crippen LogP contribution in [0.5, 0.6) is 0 Å². The number of nitrogens with one attached hydrogen (secondary N) is 2. The molecule has 0 aliphatic carbocycles. The number of amides is 2. The van der Waals surface area contributed by atoms with Crippen LogP contribution in [-0.2, 0) is 37.0 Å². The molecule has 1 aliphatic rings. The van der Waals surface area contributed by atoms with E-state index in [0.717, 1.165) is 11.1 Å². The van der Waals surface area contributed by atoms with Gasteiger partial charge in [0.15, 0.2) is 12.1 Å². The molecule has 2 N–H and O–H groups in total. The van der Waals surface area contributed by atoms with E-state index in [2.05, 4.69) is 15.4 Å². The largest absolute Gasteiger partial charge is 0.445 e. The van der Waals surface area contributed by atoms with E-state index >= 15 is 0 Å². The van der Waals surface area contributed by atoms with Crippen molar-refractivity contribution in [1.29, 1.82) is 0 Å². The van der Waals surface area contributed by atoms with Crippen LogP contribution < -0.4 is 10.6 Å². The summed E-state index contributed by atoms with van der Waals surface area (Å²) < 4.78 is 14.5. The monoisotopic (exact) mass is 398 g/mol. The zero-order valence-electron chi connectivity index (χ0n) is 15.2. The summed E-state index contributed by atoms with van der Waals surface area (Å²) in [5.74, 6) is -2.00. The van der Waals surface area contributed by atoms with Gasteiger partial charge in [-0.05, 0) is 11.1 Å². The number of benzene rings is 2.